The molecule has 3 atom stereocenters. The monoisotopic (exact) mass is 308 g/mol. The van der Waals surface area contributed by atoms with Gasteiger partial charge in [0.25, 0.3) is 0 Å². The third kappa shape index (κ3) is 3.61. The number of hydrogen-bond acceptors (Lipinski definition) is 2. The maximum atomic E-state index is 12.3. The summed E-state index contributed by atoms with van der Waals surface area (Å²) in [6.45, 7) is 8.16. The van der Waals surface area contributed by atoms with Gasteiger partial charge in [0.05, 0.1) is 5.71 Å². The van der Waals surface area contributed by atoms with Gasteiger partial charge in [-0.1, -0.05) is 48.6 Å². The molecule has 0 aliphatic heterocycles. The fourth-order valence-corrected chi connectivity index (χ4v) is 3.18. The average Bonchev–Trinajstić information content (AvgIpc) is 3.35. The van der Waals surface area contributed by atoms with Crippen LogP contribution in [0.25, 0.3) is 0 Å². The molecular formula is C20H24N2O. The number of hydrogen-bond donors (Lipinski definition) is 1. The molecule has 0 unspecified atom stereocenters. The van der Waals surface area contributed by atoms with Crippen molar-refractivity contribution < 1.29 is 4.79 Å². The van der Waals surface area contributed by atoms with Crippen molar-refractivity contribution in [2.75, 3.05) is 0 Å². The molecule has 1 saturated carbocycles. The summed E-state index contributed by atoms with van der Waals surface area (Å²) in [6, 6.07) is 10.2. The minimum Gasteiger partial charge on any atom is -0.273 e. The molecule has 1 aromatic carbocycles. The van der Waals surface area contributed by atoms with Crippen molar-refractivity contribution in [2.24, 2.45) is 16.9 Å². The number of rotatable bonds is 4. The maximum Gasteiger partial charge on any atom is 0.243 e. The van der Waals surface area contributed by atoms with Gasteiger partial charge in [0.2, 0.25) is 5.91 Å². The number of hydrazone groups is 1. The van der Waals surface area contributed by atoms with Gasteiger partial charge in [0, 0.05) is 5.92 Å². The molecule has 1 N–H and O–H groups in total. The van der Waals surface area contributed by atoms with Crippen LogP contribution in [0.15, 0.2) is 59.2 Å². The van der Waals surface area contributed by atoms with Crippen LogP contribution in [0.1, 0.15) is 44.6 Å². The Kier molecular flexibility index (Phi) is 4.46. The van der Waals surface area contributed by atoms with Crippen molar-refractivity contribution >= 4 is 11.6 Å². The van der Waals surface area contributed by atoms with Gasteiger partial charge in [0.1, 0.15) is 0 Å². The summed E-state index contributed by atoms with van der Waals surface area (Å²) in [5, 5.41) is 4.39. The van der Waals surface area contributed by atoms with Gasteiger partial charge in [0.15, 0.2) is 0 Å². The smallest absolute Gasteiger partial charge is 0.243 e. The lowest BCUT2D eigenvalue weighted by Gasteiger charge is -2.22. The Morgan fingerprint density at radius 1 is 1.30 bits per heavy atom. The second kappa shape index (κ2) is 6.53. The Morgan fingerprint density at radius 2 is 2.04 bits per heavy atom. The Labute approximate surface area is 138 Å². The fraction of sp³-hybridized carbons (Fsp3) is 0.400. The summed E-state index contributed by atoms with van der Waals surface area (Å²) in [7, 11) is 0. The van der Waals surface area contributed by atoms with E-state index in [0.717, 1.165) is 25.0 Å². The summed E-state index contributed by atoms with van der Waals surface area (Å²) < 4.78 is 0. The molecule has 120 valence electrons. The number of nitrogens with one attached hydrogen (secondary N) is 1. The average molecular weight is 308 g/mol. The molecule has 0 saturated heterocycles. The SMILES string of the molecule is C=C(C)[C@@H]1CC=C(C)/C(=N\NC(=O)[C@H]2C[C@H]2c2ccccc2)C1. The van der Waals surface area contributed by atoms with Crippen molar-refractivity contribution in [2.45, 2.75) is 39.0 Å². The zero-order valence-electron chi connectivity index (χ0n) is 13.9. The molecule has 1 fully saturated rings. The first-order valence-corrected chi connectivity index (χ1v) is 8.30. The van der Waals surface area contributed by atoms with E-state index in [1.807, 2.05) is 18.2 Å². The van der Waals surface area contributed by atoms with Gasteiger partial charge in [-0.15, -0.1) is 0 Å². The van der Waals surface area contributed by atoms with Gasteiger partial charge < -0.3 is 0 Å². The molecule has 1 amide bonds. The highest BCUT2D eigenvalue weighted by Gasteiger charge is 2.43. The third-order valence-corrected chi connectivity index (χ3v) is 4.96. The highest BCUT2D eigenvalue weighted by atomic mass is 16.2. The number of carbonyl (C=O) groups is 1. The lowest BCUT2D eigenvalue weighted by Crippen LogP contribution is -2.24. The minimum atomic E-state index is 0.0385. The van der Waals surface area contributed by atoms with Crippen LogP contribution in [-0.4, -0.2) is 11.6 Å². The van der Waals surface area contributed by atoms with Crippen molar-refractivity contribution in [3.05, 3.63) is 59.7 Å². The Bertz CT molecular complexity index is 672. The first kappa shape index (κ1) is 15.7. The Balaban J connectivity index is 1.60. The number of allylic oxidation sites excluding steroid dienone is 3. The summed E-state index contributed by atoms with van der Waals surface area (Å²) in [5.41, 5.74) is 7.35. The first-order chi connectivity index (χ1) is 11.1. The van der Waals surface area contributed by atoms with Crippen molar-refractivity contribution in [3.63, 3.8) is 0 Å². The Morgan fingerprint density at radius 3 is 2.74 bits per heavy atom. The van der Waals surface area contributed by atoms with E-state index in [-0.39, 0.29) is 11.8 Å². The largest absolute Gasteiger partial charge is 0.273 e. The minimum absolute atomic E-state index is 0.0385. The molecule has 3 heteroatoms. The van der Waals surface area contributed by atoms with Crippen molar-refractivity contribution in [1.82, 2.24) is 5.43 Å². The molecule has 0 bridgehead atoms. The van der Waals surface area contributed by atoms with E-state index in [2.05, 4.69) is 49.2 Å². The van der Waals surface area contributed by atoms with E-state index in [9.17, 15) is 4.79 Å². The second-order valence-corrected chi connectivity index (χ2v) is 6.76. The second-order valence-electron chi connectivity index (χ2n) is 6.76. The number of amides is 1. The van der Waals surface area contributed by atoms with E-state index >= 15 is 0 Å². The third-order valence-electron chi connectivity index (χ3n) is 4.96. The number of benzene rings is 1. The number of carbonyl (C=O) groups excluding carboxylic acids is 1. The molecule has 2 aliphatic carbocycles. The van der Waals surface area contributed by atoms with Crippen LogP contribution in [0.2, 0.25) is 0 Å². The van der Waals surface area contributed by atoms with Crippen molar-refractivity contribution in [3.8, 4) is 0 Å². The molecule has 3 nitrogen and oxygen atoms in total. The predicted molar refractivity (Wildman–Crippen MR) is 94.2 cm³/mol. The van der Waals surface area contributed by atoms with E-state index in [4.69, 9.17) is 0 Å². The Hall–Kier alpha value is -2.16. The highest BCUT2D eigenvalue weighted by molar-refractivity contribution is 6.01. The predicted octanol–water partition coefficient (Wildman–Crippen LogP) is 4.19. The molecular weight excluding hydrogens is 284 g/mol. The summed E-state index contributed by atoms with van der Waals surface area (Å²) in [5.74, 6) is 0.887. The standard InChI is InChI=1S/C20H24N2O/c1-13(2)16-10-9-14(3)19(11-16)21-22-20(23)18-12-17(18)15-7-5-4-6-8-15/h4-9,16-18H,1,10-12H2,2-3H3,(H,22,23)/b21-19-/t16-,17+,18+/m1/s1. The molecule has 0 heterocycles. The lowest BCUT2D eigenvalue weighted by atomic mass is 9.85. The maximum absolute atomic E-state index is 12.3. The van der Waals surface area contributed by atoms with Crippen LogP contribution in [0.4, 0.5) is 0 Å². The molecule has 23 heavy (non-hydrogen) atoms. The molecule has 0 radical (unpaired) electrons. The molecule has 3 rings (SSSR count). The van der Waals surface area contributed by atoms with Crippen LogP contribution in [-0.2, 0) is 4.79 Å². The van der Waals surface area contributed by atoms with E-state index < -0.39 is 0 Å². The topological polar surface area (TPSA) is 41.5 Å². The van der Waals surface area contributed by atoms with Gasteiger partial charge >= 0.3 is 0 Å². The van der Waals surface area contributed by atoms with Crippen LogP contribution >= 0.6 is 0 Å². The van der Waals surface area contributed by atoms with Gasteiger partial charge in [-0.2, -0.15) is 5.10 Å². The van der Waals surface area contributed by atoms with E-state index in [0.29, 0.717) is 11.8 Å². The van der Waals surface area contributed by atoms with E-state index in [1.165, 1.54) is 16.7 Å². The first-order valence-electron chi connectivity index (χ1n) is 8.30. The molecule has 0 spiro atoms. The van der Waals surface area contributed by atoms with Crippen LogP contribution in [0.3, 0.4) is 0 Å². The molecule has 1 aromatic rings. The summed E-state index contributed by atoms with van der Waals surface area (Å²) in [6.07, 6.45) is 5.00. The zero-order chi connectivity index (χ0) is 16.4. The normalized spacial score (nSPS) is 28.2. The van der Waals surface area contributed by atoms with Gasteiger partial charge in [-0.05, 0) is 56.1 Å². The summed E-state index contributed by atoms with van der Waals surface area (Å²) >= 11 is 0. The van der Waals surface area contributed by atoms with Gasteiger partial charge in [-0.25, -0.2) is 5.43 Å². The van der Waals surface area contributed by atoms with Crippen LogP contribution < -0.4 is 5.43 Å². The van der Waals surface area contributed by atoms with Crippen LogP contribution in [0, 0.1) is 11.8 Å². The zero-order valence-corrected chi connectivity index (χ0v) is 13.9. The summed E-state index contributed by atoms with van der Waals surface area (Å²) in [4.78, 5) is 12.3. The van der Waals surface area contributed by atoms with Crippen molar-refractivity contribution in [1.29, 1.82) is 0 Å². The number of nitrogens with zero attached hydrogens (tertiary/aromatic N) is 1. The highest BCUT2D eigenvalue weighted by Crippen LogP contribution is 2.47. The fourth-order valence-electron chi connectivity index (χ4n) is 3.18. The van der Waals surface area contributed by atoms with Gasteiger partial charge in [-0.3, -0.25) is 4.79 Å². The van der Waals surface area contributed by atoms with E-state index in [1.54, 1.807) is 0 Å². The van der Waals surface area contributed by atoms with Crippen LogP contribution in [0.5, 0.6) is 0 Å². The quantitative estimate of drug-likeness (QED) is 0.657. The lowest BCUT2D eigenvalue weighted by molar-refractivity contribution is -0.122. The molecule has 0 aromatic heterocycles. The molecule has 2 aliphatic rings.